The van der Waals surface area contributed by atoms with Crippen LogP contribution in [0.4, 0.5) is 0 Å². The summed E-state index contributed by atoms with van der Waals surface area (Å²) < 4.78 is 4.45. The van der Waals surface area contributed by atoms with Crippen LogP contribution in [0.15, 0.2) is 65.8 Å². The average molecular weight is 387 g/mol. The van der Waals surface area contributed by atoms with Crippen molar-refractivity contribution < 1.29 is 4.57 Å². The molecule has 0 spiro atoms. The molecule has 0 radical (unpaired) electrons. The zero-order valence-electron chi connectivity index (χ0n) is 12.8. The van der Waals surface area contributed by atoms with E-state index in [0.717, 1.165) is 28.2 Å². The maximum atomic E-state index is 4.99. The van der Waals surface area contributed by atoms with Crippen LogP contribution in [-0.4, -0.2) is 20.9 Å². The second-order valence-electron chi connectivity index (χ2n) is 5.97. The fourth-order valence-electron chi connectivity index (χ4n) is 2.81. The Morgan fingerprint density at radius 1 is 1.13 bits per heavy atom. The number of benzene rings is 2. The van der Waals surface area contributed by atoms with Crippen LogP contribution < -0.4 is 4.57 Å². The van der Waals surface area contributed by atoms with Gasteiger partial charge in [-0.05, 0) is 43.0 Å². The molecule has 116 valence electrons. The average Bonchev–Trinajstić information content (AvgIpc) is 3.15. The van der Waals surface area contributed by atoms with Crippen LogP contribution in [0.1, 0.15) is 6.92 Å². The summed E-state index contributed by atoms with van der Waals surface area (Å²) in [5, 5.41) is 7.08. The number of halogens is 1. The van der Waals surface area contributed by atoms with E-state index in [1.165, 1.54) is 5.16 Å². The van der Waals surface area contributed by atoms with Crippen molar-refractivity contribution in [2.75, 3.05) is 11.1 Å². The van der Waals surface area contributed by atoms with Crippen LogP contribution in [0.5, 0.6) is 0 Å². The van der Waals surface area contributed by atoms with Gasteiger partial charge in [0.05, 0.1) is 5.56 Å². The van der Waals surface area contributed by atoms with Gasteiger partial charge in [0.15, 0.2) is 0 Å². The molecule has 1 aromatic heterocycles. The second-order valence-corrected chi connectivity index (χ2v) is 7.48. The highest BCUT2D eigenvalue weighted by atomic mass is 79.9. The van der Waals surface area contributed by atoms with Crippen LogP contribution in [0, 0.1) is 0 Å². The van der Waals surface area contributed by atoms with Gasteiger partial charge < -0.3 is 0 Å². The summed E-state index contributed by atoms with van der Waals surface area (Å²) in [4.78, 5) is 0. The number of hydrogen-bond acceptors (Lipinski definition) is 2. The molecule has 0 saturated carbocycles. The first-order valence-corrected chi connectivity index (χ1v) is 9.69. The van der Waals surface area contributed by atoms with E-state index in [0.29, 0.717) is 0 Å². The van der Waals surface area contributed by atoms with Crippen molar-refractivity contribution >= 4 is 27.7 Å². The second kappa shape index (κ2) is 5.80. The van der Waals surface area contributed by atoms with Gasteiger partial charge in [0.2, 0.25) is 0 Å². The van der Waals surface area contributed by atoms with Crippen molar-refractivity contribution in [3.63, 3.8) is 0 Å². The van der Waals surface area contributed by atoms with Crippen LogP contribution >= 0.6 is 27.7 Å². The molecule has 4 rings (SSSR count). The van der Waals surface area contributed by atoms with Crippen molar-refractivity contribution in [2.45, 2.75) is 17.6 Å². The smallest absolute Gasteiger partial charge is 0.184 e. The van der Waals surface area contributed by atoms with Gasteiger partial charge in [0.25, 0.3) is 0 Å². The van der Waals surface area contributed by atoms with E-state index >= 15 is 0 Å². The summed E-state index contributed by atoms with van der Waals surface area (Å²) in [6.45, 7) is 2.25. The molecule has 5 heteroatoms. The Kier molecular flexibility index (Phi) is 3.77. The lowest BCUT2D eigenvalue weighted by Crippen LogP contribution is -2.34. The van der Waals surface area contributed by atoms with Gasteiger partial charge >= 0.3 is 11.0 Å². The lowest BCUT2D eigenvalue weighted by atomic mass is 10.1. The van der Waals surface area contributed by atoms with Crippen LogP contribution in [0.2, 0.25) is 0 Å². The summed E-state index contributed by atoms with van der Waals surface area (Å²) in [5.74, 6) is 2.02. The van der Waals surface area contributed by atoms with Gasteiger partial charge in [0.1, 0.15) is 11.2 Å². The minimum atomic E-state index is 0.00353. The van der Waals surface area contributed by atoms with Crippen molar-refractivity contribution in [1.29, 1.82) is 0 Å². The summed E-state index contributed by atoms with van der Waals surface area (Å²) in [5.41, 5.74) is 2.29. The van der Waals surface area contributed by atoms with Crippen LogP contribution in [0.3, 0.4) is 0 Å². The molecule has 2 aromatic carbocycles. The Morgan fingerprint density at radius 2 is 1.78 bits per heavy atom. The third kappa shape index (κ3) is 2.42. The number of fused-ring (bicyclic) bond motifs is 1. The molecule has 0 saturated heterocycles. The van der Waals surface area contributed by atoms with E-state index in [1.54, 1.807) is 0 Å². The Bertz CT molecular complexity index is 832. The molecule has 0 N–H and O–H groups in total. The predicted molar refractivity (Wildman–Crippen MR) is 97.4 cm³/mol. The molecular weight excluding hydrogens is 370 g/mol. The fourth-order valence-corrected chi connectivity index (χ4v) is 4.87. The molecule has 0 bridgehead atoms. The van der Waals surface area contributed by atoms with E-state index < -0.39 is 0 Å². The van der Waals surface area contributed by atoms with E-state index in [4.69, 9.17) is 5.10 Å². The monoisotopic (exact) mass is 386 g/mol. The van der Waals surface area contributed by atoms with Gasteiger partial charge in [-0.15, -0.1) is 0 Å². The zero-order chi connectivity index (χ0) is 15.9. The number of aromatic nitrogens is 3. The fraction of sp³-hybridized carbons (Fsp3) is 0.222. The lowest BCUT2D eigenvalue weighted by molar-refractivity contribution is -0.626. The first-order valence-electron chi connectivity index (χ1n) is 7.58. The maximum absolute atomic E-state index is 4.99. The molecule has 0 aliphatic carbocycles. The molecule has 3 nitrogen and oxygen atoms in total. The van der Waals surface area contributed by atoms with Gasteiger partial charge in [-0.3, -0.25) is 0 Å². The Balaban J connectivity index is 1.98. The third-order valence-corrected chi connectivity index (χ3v) is 6.72. The number of alkyl halides is 1. The number of hydrogen-bond donors (Lipinski definition) is 0. The first-order chi connectivity index (χ1) is 11.2. The highest BCUT2D eigenvalue weighted by molar-refractivity contribution is 9.09. The Hall–Kier alpha value is -1.59. The minimum absolute atomic E-state index is 0.00353. The van der Waals surface area contributed by atoms with Crippen LogP contribution in [-0.2, 0) is 5.54 Å². The molecule has 0 amide bonds. The van der Waals surface area contributed by atoms with E-state index in [9.17, 15) is 0 Å². The van der Waals surface area contributed by atoms with Gasteiger partial charge in [-0.25, -0.2) is 0 Å². The quantitative estimate of drug-likeness (QED) is 0.500. The molecular formula is C18H17BrN3S+. The number of nitrogens with zero attached hydrogens (tertiary/aromatic N) is 3. The summed E-state index contributed by atoms with van der Waals surface area (Å²) >= 11 is 5.53. The Labute approximate surface area is 148 Å². The molecule has 1 aliphatic heterocycles. The Morgan fingerprint density at radius 3 is 2.43 bits per heavy atom. The molecule has 3 aromatic rings. The third-order valence-electron chi connectivity index (χ3n) is 4.14. The molecule has 23 heavy (non-hydrogen) atoms. The van der Waals surface area contributed by atoms with Gasteiger partial charge in [0, 0.05) is 16.2 Å². The summed E-state index contributed by atoms with van der Waals surface area (Å²) in [6, 6.07) is 20.9. The molecule has 1 unspecified atom stereocenters. The van der Waals surface area contributed by atoms with Crippen molar-refractivity contribution in [2.24, 2.45) is 0 Å². The van der Waals surface area contributed by atoms with E-state index in [-0.39, 0.29) is 5.54 Å². The maximum Gasteiger partial charge on any atom is 0.314 e. The van der Waals surface area contributed by atoms with Crippen molar-refractivity contribution in [3.8, 4) is 17.1 Å². The minimum Gasteiger partial charge on any atom is -0.184 e. The predicted octanol–water partition coefficient (Wildman–Crippen LogP) is 4.04. The molecule has 1 atom stereocenters. The molecule has 1 aliphatic rings. The summed E-state index contributed by atoms with van der Waals surface area (Å²) in [6.07, 6.45) is 0. The van der Waals surface area contributed by atoms with Crippen LogP contribution in [0.25, 0.3) is 17.1 Å². The van der Waals surface area contributed by atoms with E-state index in [2.05, 4.69) is 80.6 Å². The van der Waals surface area contributed by atoms with Gasteiger partial charge in [-0.2, -0.15) is 4.57 Å². The van der Waals surface area contributed by atoms with Crippen molar-refractivity contribution in [3.05, 3.63) is 60.7 Å². The number of thioether (sulfide) groups is 1. The van der Waals surface area contributed by atoms with Crippen molar-refractivity contribution in [1.82, 2.24) is 9.78 Å². The largest absolute Gasteiger partial charge is 0.314 e. The highest BCUT2D eigenvalue weighted by Gasteiger charge is 2.46. The SMILES string of the molecule is CC1(CBr)CSc2n1nc(-c1ccccc1)[n+]2-c1ccccc1. The summed E-state index contributed by atoms with van der Waals surface area (Å²) in [7, 11) is 0. The lowest BCUT2D eigenvalue weighted by Gasteiger charge is -2.14. The van der Waals surface area contributed by atoms with E-state index in [1.807, 2.05) is 23.9 Å². The normalized spacial score (nSPS) is 19.7. The number of rotatable bonds is 3. The molecule has 0 fully saturated rings. The van der Waals surface area contributed by atoms with Gasteiger partial charge in [-0.1, -0.05) is 57.0 Å². The standard InChI is InChI=1S/C18H17BrN3S/c1-18(12-19)13-23-17-21(15-10-6-3-7-11-15)16(20-22(17)18)14-8-4-2-5-9-14/h2-11H,12-13H2,1H3/q+1. The molecule has 2 heterocycles. The zero-order valence-corrected chi connectivity index (χ0v) is 15.2. The highest BCUT2D eigenvalue weighted by Crippen LogP contribution is 2.38. The number of para-hydroxylation sites is 1. The topological polar surface area (TPSA) is 21.7 Å². The first kappa shape index (κ1) is 15.0.